The van der Waals surface area contributed by atoms with Gasteiger partial charge >= 0.3 is 5.97 Å². The molecule has 0 spiro atoms. The monoisotopic (exact) mass is 228 g/mol. The van der Waals surface area contributed by atoms with Gasteiger partial charge in [-0.25, -0.2) is 9.18 Å². The topological polar surface area (TPSA) is 84.6 Å². The molecule has 0 amide bonds. The molecule has 0 aliphatic carbocycles. The quantitative estimate of drug-likeness (QED) is 0.689. The van der Waals surface area contributed by atoms with Crippen LogP contribution in [-0.4, -0.2) is 30.8 Å². The molecule has 1 aromatic carbocycles. The van der Waals surface area contributed by atoms with Gasteiger partial charge in [0.15, 0.2) is 0 Å². The maximum Gasteiger partial charge on any atom is 0.327 e. The number of benzene rings is 1. The minimum absolute atomic E-state index is 0.0530. The molecule has 4 N–H and O–H groups in total. The summed E-state index contributed by atoms with van der Waals surface area (Å²) in [4.78, 5) is 10.7. The van der Waals surface area contributed by atoms with Crippen molar-refractivity contribution in [1.29, 1.82) is 0 Å². The second kappa shape index (κ2) is 5.32. The van der Waals surface area contributed by atoms with Gasteiger partial charge in [-0.05, 0) is 12.1 Å². The third kappa shape index (κ3) is 2.83. The van der Waals surface area contributed by atoms with Gasteiger partial charge in [-0.15, -0.1) is 0 Å². The zero-order valence-corrected chi connectivity index (χ0v) is 8.74. The van der Waals surface area contributed by atoms with Gasteiger partial charge in [0, 0.05) is 12.6 Å². The van der Waals surface area contributed by atoms with Crippen LogP contribution in [0.25, 0.3) is 0 Å². The van der Waals surface area contributed by atoms with Gasteiger partial charge in [0.25, 0.3) is 0 Å². The van der Waals surface area contributed by atoms with Gasteiger partial charge in [-0.2, -0.15) is 0 Å². The summed E-state index contributed by atoms with van der Waals surface area (Å²) in [5.41, 5.74) is 5.30. The first-order valence-corrected chi connectivity index (χ1v) is 4.61. The van der Waals surface area contributed by atoms with E-state index in [1.807, 2.05) is 0 Å². The van der Waals surface area contributed by atoms with E-state index < -0.39 is 17.8 Å². The fraction of sp³-hybridized carbons (Fsp3) is 0.300. The summed E-state index contributed by atoms with van der Waals surface area (Å²) in [6.45, 7) is -0.133. The van der Waals surface area contributed by atoms with E-state index in [2.05, 4.69) is 5.32 Å². The van der Waals surface area contributed by atoms with Crippen molar-refractivity contribution in [2.75, 3.05) is 19.0 Å². The third-order valence-electron chi connectivity index (χ3n) is 2.04. The molecular formula is C10H13FN2O3. The zero-order valence-electron chi connectivity index (χ0n) is 8.74. The molecule has 88 valence electrons. The Balaban J connectivity index is 2.90. The molecule has 0 saturated carbocycles. The van der Waals surface area contributed by atoms with Crippen molar-refractivity contribution in [3.8, 4) is 5.75 Å². The molecule has 0 saturated heterocycles. The van der Waals surface area contributed by atoms with Gasteiger partial charge in [-0.1, -0.05) is 0 Å². The highest BCUT2D eigenvalue weighted by Gasteiger charge is 2.16. The van der Waals surface area contributed by atoms with Crippen LogP contribution in [0, 0.1) is 5.82 Å². The molecule has 5 nitrogen and oxygen atoms in total. The number of carboxylic acid groups (broad SMARTS) is 1. The Bertz CT molecular complexity index is 384. The maximum atomic E-state index is 13.3. The number of aliphatic carboxylic acids is 1. The van der Waals surface area contributed by atoms with E-state index in [4.69, 9.17) is 15.6 Å². The second-order valence-electron chi connectivity index (χ2n) is 3.12. The SMILES string of the molecule is COc1ccc(F)c(NC(CN)C(=O)O)c1. The van der Waals surface area contributed by atoms with Crippen molar-refractivity contribution in [3.05, 3.63) is 24.0 Å². The zero-order chi connectivity index (χ0) is 12.1. The van der Waals surface area contributed by atoms with E-state index in [9.17, 15) is 9.18 Å². The lowest BCUT2D eigenvalue weighted by molar-refractivity contribution is -0.137. The molecule has 1 rings (SSSR count). The highest BCUT2D eigenvalue weighted by Crippen LogP contribution is 2.21. The van der Waals surface area contributed by atoms with Crippen LogP contribution < -0.4 is 15.8 Å². The molecular weight excluding hydrogens is 215 g/mol. The van der Waals surface area contributed by atoms with Gasteiger partial charge in [-0.3, -0.25) is 0 Å². The Morgan fingerprint density at radius 2 is 2.38 bits per heavy atom. The number of nitrogens with one attached hydrogen (secondary N) is 1. The lowest BCUT2D eigenvalue weighted by Gasteiger charge is -2.14. The molecule has 0 aliphatic rings. The van der Waals surface area contributed by atoms with E-state index in [-0.39, 0.29) is 12.2 Å². The van der Waals surface area contributed by atoms with Crippen LogP contribution in [0.2, 0.25) is 0 Å². The van der Waals surface area contributed by atoms with Crippen molar-refractivity contribution in [2.24, 2.45) is 5.73 Å². The van der Waals surface area contributed by atoms with Crippen LogP contribution in [-0.2, 0) is 4.79 Å². The lowest BCUT2D eigenvalue weighted by Crippen LogP contribution is -2.36. The minimum atomic E-state index is -1.13. The van der Waals surface area contributed by atoms with Crippen LogP contribution in [0.4, 0.5) is 10.1 Å². The first kappa shape index (κ1) is 12.3. The molecule has 0 radical (unpaired) electrons. The second-order valence-corrected chi connectivity index (χ2v) is 3.12. The summed E-state index contributed by atoms with van der Waals surface area (Å²) >= 11 is 0. The van der Waals surface area contributed by atoms with Crippen molar-refractivity contribution in [2.45, 2.75) is 6.04 Å². The smallest absolute Gasteiger partial charge is 0.327 e. The summed E-state index contributed by atoms with van der Waals surface area (Å²) < 4.78 is 18.2. The predicted molar refractivity (Wildman–Crippen MR) is 57.1 cm³/mol. The number of rotatable bonds is 5. The molecule has 0 fully saturated rings. The van der Waals surface area contributed by atoms with E-state index in [1.165, 1.54) is 25.3 Å². The molecule has 16 heavy (non-hydrogen) atoms. The van der Waals surface area contributed by atoms with Crippen LogP contribution in [0.3, 0.4) is 0 Å². The summed E-state index contributed by atoms with van der Waals surface area (Å²) in [6.07, 6.45) is 0. The van der Waals surface area contributed by atoms with Crippen molar-refractivity contribution < 1.29 is 19.0 Å². The number of carbonyl (C=O) groups is 1. The average Bonchev–Trinajstić information content (AvgIpc) is 2.27. The van der Waals surface area contributed by atoms with Crippen LogP contribution in [0.15, 0.2) is 18.2 Å². The highest BCUT2D eigenvalue weighted by molar-refractivity contribution is 5.77. The Labute approximate surface area is 92.0 Å². The first-order chi connectivity index (χ1) is 7.58. The van der Waals surface area contributed by atoms with E-state index >= 15 is 0 Å². The van der Waals surface area contributed by atoms with Crippen molar-refractivity contribution >= 4 is 11.7 Å². The van der Waals surface area contributed by atoms with Crippen LogP contribution >= 0.6 is 0 Å². The molecule has 1 unspecified atom stereocenters. The number of carboxylic acids is 1. The summed E-state index contributed by atoms with van der Waals surface area (Å²) in [7, 11) is 1.44. The highest BCUT2D eigenvalue weighted by atomic mass is 19.1. The Hall–Kier alpha value is -1.82. The standard InChI is InChI=1S/C10H13FN2O3/c1-16-6-2-3-7(11)8(4-6)13-9(5-12)10(14)15/h2-4,9,13H,5,12H2,1H3,(H,14,15). The molecule has 1 aromatic rings. The third-order valence-corrected chi connectivity index (χ3v) is 2.04. The Morgan fingerprint density at radius 3 is 2.88 bits per heavy atom. The van der Waals surface area contributed by atoms with Gasteiger partial charge in [0.05, 0.1) is 12.8 Å². The molecule has 0 aliphatic heterocycles. The Morgan fingerprint density at radius 1 is 1.69 bits per heavy atom. The van der Waals surface area contributed by atoms with Crippen LogP contribution in [0.1, 0.15) is 0 Å². The fourth-order valence-electron chi connectivity index (χ4n) is 1.15. The lowest BCUT2D eigenvalue weighted by atomic mass is 10.2. The Kier molecular flexibility index (Phi) is 4.07. The molecule has 0 heterocycles. The largest absolute Gasteiger partial charge is 0.497 e. The number of nitrogens with two attached hydrogens (primary N) is 1. The number of hydrogen-bond donors (Lipinski definition) is 3. The van der Waals surface area contributed by atoms with Gasteiger partial charge < -0.3 is 20.9 Å². The predicted octanol–water partition coefficient (Wildman–Crippen LogP) is 0.658. The van der Waals surface area contributed by atoms with E-state index in [1.54, 1.807) is 0 Å². The number of methoxy groups -OCH3 is 1. The molecule has 6 heteroatoms. The van der Waals surface area contributed by atoms with E-state index in [0.717, 1.165) is 0 Å². The number of halogens is 1. The molecule has 1 atom stereocenters. The van der Waals surface area contributed by atoms with Gasteiger partial charge in [0.1, 0.15) is 17.6 Å². The first-order valence-electron chi connectivity index (χ1n) is 4.61. The van der Waals surface area contributed by atoms with E-state index in [0.29, 0.717) is 5.75 Å². The fourth-order valence-corrected chi connectivity index (χ4v) is 1.15. The number of anilines is 1. The van der Waals surface area contributed by atoms with Gasteiger partial charge in [0.2, 0.25) is 0 Å². The summed E-state index contributed by atoms with van der Waals surface area (Å²) in [5.74, 6) is -1.25. The van der Waals surface area contributed by atoms with Crippen molar-refractivity contribution in [3.63, 3.8) is 0 Å². The van der Waals surface area contributed by atoms with Crippen LogP contribution in [0.5, 0.6) is 5.75 Å². The maximum absolute atomic E-state index is 13.3. The normalized spacial score (nSPS) is 11.9. The molecule has 0 aromatic heterocycles. The molecule has 0 bridgehead atoms. The minimum Gasteiger partial charge on any atom is -0.497 e. The summed E-state index contributed by atoms with van der Waals surface area (Å²) in [6, 6.07) is 2.98. The number of ether oxygens (including phenoxy) is 1. The number of hydrogen-bond acceptors (Lipinski definition) is 4. The average molecular weight is 228 g/mol. The summed E-state index contributed by atoms with van der Waals surface area (Å²) in [5, 5.41) is 11.2. The van der Waals surface area contributed by atoms with Crippen molar-refractivity contribution in [1.82, 2.24) is 0 Å².